The second-order valence-electron chi connectivity index (χ2n) is 4.42. The Balaban J connectivity index is 1.72. The Labute approximate surface area is 107 Å². The van der Waals surface area contributed by atoms with Crippen LogP contribution in [0.4, 0.5) is 0 Å². The van der Waals surface area contributed by atoms with Crippen LogP contribution in [-0.4, -0.2) is 60.7 Å². The van der Waals surface area contributed by atoms with Gasteiger partial charge in [-0.15, -0.1) is 0 Å². The van der Waals surface area contributed by atoms with Crippen LogP contribution in [0.15, 0.2) is 24.3 Å². The number of hydrogen-bond donors (Lipinski definition) is 2. The van der Waals surface area contributed by atoms with Crippen LogP contribution in [0.2, 0.25) is 0 Å². The minimum atomic E-state index is -0.633. The SMILES string of the molecule is COc1ccc(OCCN2CC(O)C(O)C2)cc1. The van der Waals surface area contributed by atoms with Crippen molar-refractivity contribution in [1.82, 2.24) is 4.90 Å². The summed E-state index contributed by atoms with van der Waals surface area (Å²) in [5.41, 5.74) is 0. The van der Waals surface area contributed by atoms with Crippen LogP contribution in [0.1, 0.15) is 0 Å². The molecule has 0 aromatic heterocycles. The predicted octanol–water partition coefficient (Wildman–Crippen LogP) is 0.111. The zero-order valence-corrected chi connectivity index (χ0v) is 10.5. The van der Waals surface area contributed by atoms with Crippen LogP contribution in [0.25, 0.3) is 0 Å². The molecule has 1 aliphatic heterocycles. The number of likely N-dealkylation sites (tertiary alicyclic amines) is 1. The molecular weight excluding hydrogens is 234 g/mol. The number of aliphatic hydroxyl groups excluding tert-OH is 2. The number of ether oxygens (including phenoxy) is 2. The molecule has 0 saturated carbocycles. The first-order chi connectivity index (χ1) is 8.69. The van der Waals surface area contributed by atoms with E-state index in [0.717, 1.165) is 11.5 Å². The first-order valence-corrected chi connectivity index (χ1v) is 6.04. The molecule has 100 valence electrons. The molecule has 2 N–H and O–H groups in total. The normalized spacial score (nSPS) is 24.2. The zero-order chi connectivity index (χ0) is 13.0. The predicted molar refractivity (Wildman–Crippen MR) is 66.9 cm³/mol. The van der Waals surface area contributed by atoms with E-state index in [1.54, 1.807) is 7.11 Å². The topological polar surface area (TPSA) is 62.2 Å². The van der Waals surface area contributed by atoms with Gasteiger partial charge in [0.25, 0.3) is 0 Å². The lowest BCUT2D eigenvalue weighted by Crippen LogP contribution is -2.27. The molecule has 1 aliphatic rings. The smallest absolute Gasteiger partial charge is 0.119 e. The van der Waals surface area contributed by atoms with Crippen molar-refractivity contribution in [2.75, 3.05) is 33.4 Å². The Morgan fingerprint density at radius 2 is 1.67 bits per heavy atom. The van der Waals surface area contributed by atoms with Gasteiger partial charge >= 0.3 is 0 Å². The summed E-state index contributed by atoms with van der Waals surface area (Å²) >= 11 is 0. The van der Waals surface area contributed by atoms with E-state index in [2.05, 4.69) is 0 Å². The third kappa shape index (κ3) is 3.35. The van der Waals surface area contributed by atoms with Crippen molar-refractivity contribution in [1.29, 1.82) is 0 Å². The van der Waals surface area contributed by atoms with E-state index < -0.39 is 12.2 Å². The van der Waals surface area contributed by atoms with E-state index in [4.69, 9.17) is 9.47 Å². The van der Waals surface area contributed by atoms with E-state index in [9.17, 15) is 10.2 Å². The highest BCUT2D eigenvalue weighted by Crippen LogP contribution is 2.17. The van der Waals surface area contributed by atoms with Gasteiger partial charge in [0.15, 0.2) is 0 Å². The van der Waals surface area contributed by atoms with Gasteiger partial charge in [0.05, 0.1) is 19.3 Å². The second-order valence-corrected chi connectivity index (χ2v) is 4.42. The number of nitrogens with zero attached hydrogens (tertiary/aromatic N) is 1. The Bertz CT molecular complexity index is 358. The van der Waals surface area contributed by atoms with Gasteiger partial charge in [-0.1, -0.05) is 0 Å². The van der Waals surface area contributed by atoms with Crippen molar-refractivity contribution in [3.63, 3.8) is 0 Å². The highest BCUT2D eigenvalue weighted by atomic mass is 16.5. The molecule has 18 heavy (non-hydrogen) atoms. The molecule has 1 saturated heterocycles. The van der Waals surface area contributed by atoms with Crippen molar-refractivity contribution < 1.29 is 19.7 Å². The number of aliphatic hydroxyl groups is 2. The number of rotatable bonds is 5. The molecule has 1 heterocycles. The van der Waals surface area contributed by atoms with Gasteiger partial charge in [-0.2, -0.15) is 0 Å². The van der Waals surface area contributed by atoms with Gasteiger partial charge in [0.1, 0.15) is 18.1 Å². The molecule has 2 rings (SSSR count). The van der Waals surface area contributed by atoms with Gasteiger partial charge in [-0.25, -0.2) is 0 Å². The summed E-state index contributed by atoms with van der Waals surface area (Å²) in [7, 11) is 1.62. The van der Waals surface area contributed by atoms with Gasteiger partial charge in [0, 0.05) is 19.6 Å². The summed E-state index contributed by atoms with van der Waals surface area (Å²) in [6.45, 7) is 2.24. The lowest BCUT2D eigenvalue weighted by molar-refractivity contribution is 0.0572. The lowest BCUT2D eigenvalue weighted by atomic mass is 10.3. The Kier molecular flexibility index (Phi) is 4.41. The number of benzene rings is 1. The molecule has 2 atom stereocenters. The second kappa shape index (κ2) is 6.04. The molecule has 5 nitrogen and oxygen atoms in total. The molecule has 0 spiro atoms. The molecule has 0 bridgehead atoms. The maximum atomic E-state index is 9.40. The van der Waals surface area contributed by atoms with E-state index in [-0.39, 0.29) is 0 Å². The minimum absolute atomic E-state index is 0.507. The first-order valence-electron chi connectivity index (χ1n) is 6.04. The Hall–Kier alpha value is -1.30. The summed E-state index contributed by atoms with van der Waals surface area (Å²) in [6.07, 6.45) is -1.27. The van der Waals surface area contributed by atoms with Crippen LogP contribution >= 0.6 is 0 Å². The maximum absolute atomic E-state index is 9.40. The molecule has 0 amide bonds. The molecule has 1 aromatic carbocycles. The fourth-order valence-corrected chi connectivity index (χ4v) is 1.99. The van der Waals surface area contributed by atoms with Crippen LogP contribution in [0.3, 0.4) is 0 Å². The van der Waals surface area contributed by atoms with Gasteiger partial charge in [-0.3, -0.25) is 4.90 Å². The molecule has 1 fully saturated rings. The van der Waals surface area contributed by atoms with Crippen LogP contribution in [-0.2, 0) is 0 Å². The molecule has 5 heteroatoms. The average molecular weight is 253 g/mol. The lowest BCUT2D eigenvalue weighted by Gasteiger charge is -2.15. The Morgan fingerprint density at radius 1 is 1.11 bits per heavy atom. The number of hydrogen-bond acceptors (Lipinski definition) is 5. The van der Waals surface area contributed by atoms with Crippen molar-refractivity contribution in [2.24, 2.45) is 0 Å². The quantitative estimate of drug-likeness (QED) is 0.780. The van der Waals surface area contributed by atoms with Gasteiger partial charge in [0.2, 0.25) is 0 Å². The van der Waals surface area contributed by atoms with Crippen LogP contribution in [0.5, 0.6) is 11.5 Å². The summed E-state index contributed by atoms with van der Waals surface area (Å²) in [5, 5.41) is 18.8. The molecule has 0 aliphatic carbocycles. The zero-order valence-electron chi connectivity index (χ0n) is 10.5. The van der Waals surface area contributed by atoms with Crippen molar-refractivity contribution >= 4 is 0 Å². The standard InChI is InChI=1S/C13H19NO4/c1-17-10-2-4-11(5-3-10)18-7-6-14-8-12(15)13(16)9-14/h2-5,12-13,15-16H,6-9H2,1H3. The Morgan fingerprint density at radius 3 is 2.22 bits per heavy atom. The minimum Gasteiger partial charge on any atom is -0.497 e. The van der Waals surface area contributed by atoms with Crippen LogP contribution in [0, 0.1) is 0 Å². The van der Waals surface area contributed by atoms with E-state index in [1.807, 2.05) is 29.2 Å². The van der Waals surface area contributed by atoms with Crippen molar-refractivity contribution in [3.05, 3.63) is 24.3 Å². The summed E-state index contributed by atoms with van der Waals surface area (Å²) in [4.78, 5) is 1.98. The van der Waals surface area contributed by atoms with Crippen LogP contribution < -0.4 is 9.47 Å². The largest absolute Gasteiger partial charge is 0.497 e. The maximum Gasteiger partial charge on any atom is 0.119 e. The highest BCUT2D eigenvalue weighted by Gasteiger charge is 2.28. The monoisotopic (exact) mass is 253 g/mol. The summed E-state index contributed by atoms with van der Waals surface area (Å²) < 4.78 is 10.6. The first kappa shape index (κ1) is 13.1. The molecule has 1 aromatic rings. The van der Waals surface area contributed by atoms with Gasteiger partial charge in [-0.05, 0) is 24.3 Å². The molecular formula is C13H19NO4. The van der Waals surface area contributed by atoms with Crippen molar-refractivity contribution in [3.8, 4) is 11.5 Å². The average Bonchev–Trinajstić information content (AvgIpc) is 2.69. The molecule has 0 radical (unpaired) electrons. The summed E-state index contributed by atoms with van der Waals surface area (Å²) in [6, 6.07) is 7.40. The van der Waals surface area contributed by atoms with Gasteiger partial charge < -0.3 is 19.7 Å². The third-order valence-corrected chi connectivity index (χ3v) is 3.07. The summed E-state index contributed by atoms with van der Waals surface area (Å²) in [5.74, 6) is 1.59. The fourth-order valence-electron chi connectivity index (χ4n) is 1.99. The van der Waals surface area contributed by atoms with Crippen molar-refractivity contribution in [2.45, 2.75) is 12.2 Å². The fraction of sp³-hybridized carbons (Fsp3) is 0.538. The third-order valence-electron chi connectivity index (χ3n) is 3.07. The number of methoxy groups -OCH3 is 1. The van der Waals surface area contributed by atoms with E-state index in [1.165, 1.54) is 0 Å². The molecule has 2 unspecified atom stereocenters. The van der Waals surface area contributed by atoms with E-state index >= 15 is 0 Å². The highest BCUT2D eigenvalue weighted by molar-refractivity contribution is 5.31. The van der Waals surface area contributed by atoms with E-state index in [0.29, 0.717) is 26.2 Å². The number of β-amino-alcohol motifs (C(OH)–C–C–N with tert-alkyl or cyclic N) is 2.